The molecule has 1 aromatic rings. The van der Waals surface area contributed by atoms with Crippen molar-refractivity contribution in [3.8, 4) is 0 Å². The number of hydrogen-bond acceptors (Lipinski definition) is 4. The predicted molar refractivity (Wildman–Crippen MR) is 74.4 cm³/mol. The first-order valence-corrected chi connectivity index (χ1v) is 7.14. The van der Waals surface area contributed by atoms with Gasteiger partial charge in [-0.3, -0.25) is 4.90 Å². The first kappa shape index (κ1) is 14.6. The van der Waals surface area contributed by atoms with Crippen molar-refractivity contribution in [3.63, 3.8) is 0 Å². The fraction of sp³-hybridized carbons (Fsp3) is 0.692. The van der Waals surface area contributed by atoms with E-state index in [1.54, 1.807) is 18.4 Å². The summed E-state index contributed by atoms with van der Waals surface area (Å²) < 4.78 is 5.18. The zero-order valence-electron chi connectivity index (χ0n) is 11.1. The SMILES string of the molecule is CCC(N)C(c1cccs1)N(CC)CCOC. The van der Waals surface area contributed by atoms with Gasteiger partial charge in [-0.25, -0.2) is 0 Å². The summed E-state index contributed by atoms with van der Waals surface area (Å²) in [7, 11) is 1.74. The summed E-state index contributed by atoms with van der Waals surface area (Å²) in [6.45, 7) is 7.02. The van der Waals surface area contributed by atoms with E-state index in [0.717, 1.165) is 26.1 Å². The molecule has 0 aliphatic heterocycles. The highest BCUT2D eigenvalue weighted by Gasteiger charge is 2.25. The van der Waals surface area contributed by atoms with Crippen molar-refractivity contribution in [1.82, 2.24) is 4.90 Å². The molecule has 4 heteroatoms. The fourth-order valence-corrected chi connectivity index (χ4v) is 2.98. The fourth-order valence-electron chi connectivity index (χ4n) is 2.05. The lowest BCUT2D eigenvalue weighted by Crippen LogP contribution is -2.41. The van der Waals surface area contributed by atoms with E-state index in [-0.39, 0.29) is 6.04 Å². The normalized spacial score (nSPS) is 15.1. The minimum atomic E-state index is 0.186. The van der Waals surface area contributed by atoms with Crippen molar-refractivity contribution < 1.29 is 4.74 Å². The molecule has 1 rings (SSSR count). The number of nitrogens with two attached hydrogens (primary N) is 1. The average Bonchev–Trinajstić information content (AvgIpc) is 2.87. The van der Waals surface area contributed by atoms with E-state index in [4.69, 9.17) is 10.5 Å². The Bertz CT molecular complexity index is 290. The molecule has 0 aliphatic carbocycles. The predicted octanol–water partition coefficient (Wildman–Crippen LogP) is 2.49. The Morgan fingerprint density at radius 1 is 1.47 bits per heavy atom. The van der Waals surface area contributed by atoms with Crippen LogP contribution in [-0.2, 0) is 4.74 Å². The van der Waals surface area contributed by atoms with Crippen LogP contribution in [0.1, 0.15) is 31.2 Å². The lowest BCUT2D eigenvalue weighted by molar-refractivity contribution is 0.113. The van der Waals surface area contributed by atoms with Crippen LogP contribution in [0.15, 0.2) is 17.5 Å². The number of methoxy groups -OCH3 is 1. The van der Waals surface area contributed by atoms with E-state index in [9.17, 15) is 0 Å². The van der Waals surface area contributed by atoms with Gasteiger partial charge in [0.25, 0.3) is 0 Å². The van der Waals surface area contributed by atoms with Gasteiger partial charge in [-0.05, 0) is 24.4 Å². The second-order valence-electron chi connectivity index (χ2n) is 4.15. The topological polar surface area (TPSA) is 38.5 Å². The molecule has 2 unspecified atom stereocenters. The summed E-state index contributed by atoms with van der Waals surface area (Å²) in [6.07, 6.45) is 0.992. The molecule has 1 aromatic heterocycles. The molecule has 98 valence electrons. The molecule has 3 nitrogen and oxygen atoms in total. The Morgan fingerprint density at radius 3 is 2.71 bits per heavy atom. The summed E-state index contributed by atoms with van der Waals surface area (Å²) in [5, 5.41) is 2.12. The van der Waals surface area contributed by atoms with Crippen LogP contribution in [0.2, 0.25) is 0 Å². The summed E-state index contributed by atoms with van der Waals surface area (Å²) in [6, 6.07) is 4.78. The molecule has 0 saturated carbocycles. The van der Waals surface area contributed by atoms with Gasteiger partial charge in [-0.15, -0.1) is 11.3 Å². The van der Waals surface area contributed by atoms with Crippen molar-refractivity contribution in [2.24, 2.45) is 5.73 Å². The molecule has 0 amide bonds. The van der Waals surface area contributed by atoms with Crippen LogP contribution < -0.4 is 5.73 Å². The quantitative estimate of drug-likeness (QED) is 0.776. The number of likely N-dealkylation sites (N-methyl/N-ethyl adjacent to an activating group) is 1. The molecule has 0 radical (unpaired) electrons. The highest BCUT2D eigenvalue weighted by atomic mass is 32.1. The third-order valence-electron chi connectivity index (χ3n) is 3.09. The maximum absolute atomic E-state index is 6.28. The Balaban J connectivity index is 2.80. The minimum Gasteiger partial charge on any atom is -0.383 e. The van der Waals surface area contributed by atoms with E-state index < -0.39 is 0 Å². The van der Waals surface area contributed by atoms with E-state index in [1.807, 2.05) is 0 Å². The molecule has 0 saturated heterocycles. The second kappa shape index (κ2) is 7.82. The van der Waals surface area contributed by atoms with Crippen molar-refractivity contribution in [3.05, 3.63) is 22.4 Å². The van der Waals surface area contributed by atoms with Gasteiger partial charge in [0, 0.05) is 24.6 Å². The monoisotopic (exact) mass is 256 g/mol. The van der Waals surface area contributed by atoms with Crippen molar-refractivity contribution in [2.75, 3.05) is 26.8 Å². The van der Waals surface area contributed by atoms with Crippen molar-refractivity contribution in [1.29, 1.82) is 0 Å². The van der Waals surface area contributed by atoms with Gasteiger partial charge in [-0.2, -0.15) is 0 Å². The molecule has 1 heterocycles. The molecule has 0 aliphatic rings. The molecule has 17 heavy (non-hydrogen) atoms. The number of hydrogen-bond donors (Lipinski definition) is 1. The molecule has 2 N–H and O–H groups in total. The molecule has 2 atom stereocenters. The van der Waals surface area contributed by atoms with Gasteiger partial charge in [0.1, 0.15) is 0 Å². The molecular weight excluding hydrogens is 232 g/mol. The van der Waals surface area contributed by atoms with Gasteiger partial charge >= 0.3 is 0 Å². The largest absolute Gasteiger partial charge is 0.383 e. The van der Waals surface area contributed by atoms with Crippen LogP contribution in [0, 0.1) is 0 Å². The number of rotatable bonds is 8. The zero-order chi connectivity index (χ0) is 12.7. The number of thiophene rings is 1. The van der Waals surface area contributed by atoms with Crippen LogP contribution in [0.3, 0.4) is 0 Å². The Labute approximate surface area is 109 Å². The first-order chi connectivity index (χ1) is 8.24. The van der Waals surface area contributed by atoms with Gasteiger partial charge < -0.3 is 10.5 Å². The van der Waals surface area contributed by atoms with Crippen LogP contribution in [0.4, 0.5) is 0 Å². The van der Waals surface area contributed by atoms with E-state index >= 15 is 0 Å². The Morgan fingerprint density at radius 2 is 2.24 bits per heavy atom. The van der Waals surface area contributed by atoms with Gasteiger partial charge in [0.15, 0.2) is 0 Å². The van der Waals surface area contributed by atoms with Gasteiger partial charge in [0.05, 0.1) is 12.6 Å². The average molecular weight is 256 g/mol. The van der Waals surface area contributed by atoms with Crippen LogP contribution in [-0.4, -0.2) is 37.7 Å². The summed E-state index contributed by atoms with van der Waals surface area (Å²) in [5.41, 5.74) is 6.28. The molecule has 0 bridgehead atoms. The van der Waals surface area contributed by atoms with E-state index in [0.29, 0.717) is 6.04 Å². The minimum absolute atomic E-state index is 0.186. The smallest absolute Gasteiger partial charge is 0.0594 e. The third kappa shape index (κ3) is 4.07. The lowest BCUT2D eigenvalue weighted by atomic mass is 10.0. The van der Waals surface area contributed by atoms with Crippen LogP contribution in [0.25, 0.3) is 0 Å². The van der Waals surface area contributed by atoms with Crippen molar-refractivity contribution >= 4 is 11.3 Å². The standard InChI is InChI=1S/C13H24N2OS/c1-4-11(14)13(12-7-6-10-17-12)15(5-2)8-9-16-3/h6-7,10-11,13H,4-5,8-9,14H2,1-3H3. The lowest BCUT2D eigenvalue weighted by Gasteiger charge is -2.33. The second-order valence-corrected chi connectivity index (χ2v) is 5.13. The maximum Gasteiger partial charge on any atom is 0.0594 e. The maximum atomic E-state index is 6.28. The summed E-state index contributed by atoms with van der Waals surface area (Å²) in [5.74, 6) is 0. The molecule has 0 fully saturated rings. The third-order valence-corrected chi connectivity index (χ3v) is 4.04. The molecular formula is C13H24N2OS. The Kier molecular flexibility index (Phi) is 6.73. The zero-order valence-corrected chi connectivity index (χ0v) is 11.9. The summed E-state index contributed by atoms with van der Waals surface area (Å²) >= 11 is 1.79. The van der Waals surface area contributed by atoms with Crippen molar-refractivity contribution in [2.45, 2.75) is 32.4 Å². The van der Waals surface area contributed by atoms with Gasteiger partial charge in [-0.1, -0.05) is 19.9 Å². The van der Waals surface area contributed by atoms with Gasteiger partial charge in [0.2, 0.25) is 0 Å². The highest BCUT2D eigenvalue weighted by Crippen LogP contribution is 2.28. The van der Waals surface area contributed by atoms with E-state index in [2.05, 4.69) is 36.3 Å². The van der Waals surface area contributed by atoms with Crippen LogP contribution >= 0.6 is 11.3 Å². The molecule has 0 aromatic carbocycles. The highest BCUT2D eigenvalue weighted by molar-refractivity contribution is 7.10. The first-order valence-electron chi connectivity index (χ1n) is 6.26. The van der Waals surface area contributed by atoms with E-state index in [1.165, 1.54) is 4.88 Å². The number of ether oxygens (including phenoxy) is 1. The molecule has 0 spiro atoms. The number of nitrogens with zero attached hydrogens (tertiary/aromatic N) is 1. The summed E-state index contributed by atoms with van der Waals surface area (Å²) in [4.78, 5) is 3.76. The Hall–Kier alpha value is -0.420. The van der Waals surface area contributed by atoms with Crippen LogP contribution in [0.5, 0.6) is 0 Å².